The van der Waals surface area contributed by atoms with E-state index in [1.165, 1.54) is 6.07 Å². The van der Waals surface area contributed by atoms with Crippen molar-refractivity contribution in [3.8, 4) is 5.69 Å². The molecule has 21 heavy (non-hydrogen) atoms. The highest BCUT2D eigenvalue weighted by Crippen LogP contribution is 2.33. The normalized spacial score (nSPS) is 15.1. The number of Topliss-reactive ketones (excluding diaryl/α,β-unsaturated/α-hetero) is 1. The number of nitrogens with zero attached hydrogens (tertiary/aromatic N) is 2. The van der Waals surface area contributed by atoms with E-state index in [-0.39, 0.29) is 17.0 Å². The molecule has 1 aromatic carbocycles. The van der Waals surface area contributed by atoms with Crippen molar-refractivity contribution in [1.29, 1.82) is 0 Å². The number of hydrogen-bond acceptors (Lipinski definition) is 2. The maximum absolute atomic E-state index is 14.1. The molecule has 0 saturated carbocycles. The summed E-state index contributed by atoms with van der Waals surface area (Å²) in [6, 6.07) is 6.57. The van der Waals surface area contributed by atoms with Gasteiger partial charge in [-0.25, -0.2) is 9.07 Å². The van der Waals surface area contributed by atoms with Crippen LogP contribution in [0.3, 0.4) is 0 Å². The van der Waals surface area contributed by atoms with Crippen LogP contribution < -0.4 is 0 Å². The van der Waals surface area contributed by atoms with Gasteiger partial charge in [0, 0.05) is 11.8 Å². The topological polar surface area (TPSA) is 34.9 Å². The van der Waals surface area contributed by atoms with Gasteiger partial charge in [0.1, 0.15) is 11.5 Å². The number of carbonyl (C=O) groups is 1. The fraction of sp³-hybridized carbons (Fsp3) is 0.412. The Morgan fingerprint density at radius 2 is 1.90 bits per heavy atom. The zero-order valence-electron chi connectivity index (χ0n) is 12.6. The molecule has 4 heteroatoms. The Hall–Kier alpha value is -1.97. The minimum absolute atomic E-state index is 0.128. The molecule has 0 atom stereocenters. The number of halogens is 1. The average molecular weight is 286 g/mol. The second kappa shape index (κ2) is 4.79. The molecule has 0 saturated heterocycles. The second-order valence-electron chi connectivity index (χ2n) is 6.56. The molecule has 3 rings (SSSR count). The number of benzene rings is 1. The molecule has 1 aromatic heterocycles. The Balaban J connectivity index is 2.29. The molecule has 1 heterocycles. The number of aromatic nitrogens is 2. The van der Waals surface area contributed by atoms with E-state index in [2.05, 4.69) is 5.10 Å². The molecule has 0 fully saturated rings. The quantitative estimate of drug-likeness (QED) is 0.798. The van der Waals surface area contributed by atoms with Crippen molar-refractivity contribution in [3.05, 3.63) is 47.0 Å². The van der Waals surface area contributed by atoms with Crippen molar-refractivity contribution in [2.75, 3.05) is 0 Å². The fourth-order valence-electron chi connectivity index (χ4n) is 2.87. The molecule has 110 valence electrons. The summed E-state index contributed by atoms with van der Waals surface area (Å²) in [6.07, 6.45) is 2.12. The lowest BCUT2D eigenvalue weighted by Crippen LogP contribution is -2.19. The first kappa shape index (κ1) is 14.0. The smallest absolute Gasteiger partial charge is 0.166 e. The number of rotatable bonds is 1. The lowest BCUT2D eigenvalue weighted by atomic mass is 9.84. The number of para-hydroxylation sites is 1. The number of hydrogen-bond donors (Lipinski definition) is 0. The van der Waals surface area contributed by atoms with E-state index >= 15 is 0 Å². The number of ketones is 1. The predicted molar refractivity (Wildman–Crippen MR) is 79.5 cm³/mol. The largest absolute Gasteiger partial charge is 0.294 e. The third-order valence-electron chi connectivity index (χ3n) is 3.87. The Labute approximate surface area is 123 Å². The van der Waals surface area contributed by atoms with Crippen molar-refractivity contribution >= 4 is 5.78 Å². The Morgan fingerprint density at radius 1 is 1.19 bits per heavy atom. The van der Waals surface area contributed by atoms with Gasteiger partial charge in [0.25, 0.3) is 0 Å². The van der Waals surface area contributed by atoms with Gasteiger partial charge in [0.15, 0.2) is 5.78 Å². The van der Waals surface area contributed by atoms with Crippen molar-refractivity contribution in [1.82, 2.24) is 9.78 Å². The summed E-state index contributed by atoms with van der Waals surface area (Å²) in [5.41, 5.74) is 2.50. The summed E-state index contributed by atoms with van der Waals surface area (Å²) in [6.45, 7) is 6.09. The number of carbonyl (C=O) groups excluding carboxylic acids is 1. The monoisotopic (exact) mass is 286 g/mol. The summed E-state index contributed by atoms with van der Waals surface area (Å²) in [5.74, 6) is -0.190. The molecule has 0 amide bonds. The summed E-state index contributed by atoms with van der Waals surface area (Å²) in [4.78, 5) is 12.3. The predicted octanol–water partition coefficient (Wildman–Crippen LogP) is 3.83. The van der Waals surface area contributed by atoms with E-state index in [1.807, 2.05) is 20.8 Å². The minimum atomic E-state index is -0.318. The van der Waals surface area contributed by atoms with Crippen LogP contribution in [-0.2, 0) is 11.8 Å². The Kier molecular flexibility index (Phi) is 3.19. The lowest BCUT2D eigenvalue weighted by molar-refractivity contribution is 0.0970. The molecule has 1 aliphatic rings. The Morgan fingerprint density at radius 3 is 2.57 bits per heavy atom. The molecular weight excluding hydrogens is 267 g/mol. The van der Waals surface area contributed by atoms with Crippen LogP contribution in [0, 0.1) is 5.82 Å². The van der Waals surface area contributed by atoms with Crippen molar-refractivity contribution < 1.29 is 9.18 Å². The second-order valence-corrected chi connectivity index (χ2v) is 6.56. The molecule has 1 aliphatic carbocycles. The van der Waals surface area contributed by atoms with E-state index in [0.717, 1.165) is 24.2 Å². The summed E-state index contributed by atoms with van der Waals surface area (Å²) < 4.78 is 15.7. The van der Waals surface area contributed by atoms with Gasteiger partial charge in [-0.15, -0.1) is 0 Å². The van der Waals surface area contributed by atoms with E-state index in [1.54, 1.807) is 22.9 Å². The van der Waals surface area contributed by atoms with Crippen LogP contribution >= 0.6 is 0 Å². The molecule has 2 aromatic rings. The van der Waals surface area contributed by atoms with Crippen molar-refractivity contribution in [2.24, 2.45) is 0 Å². The maximum Gasteiger partial charge on any atom is 0.166 e. The summed E-state index contributed by atoms with van der Waals surface area (Å²) in [7, 11) is 0. The van der Waals surface area contributed by atoms with Gasteiger partial charge in [-0.3, -0.25) is 4.79 Å². The van der Waals surface area contributed by atoms with E-state index in [9.17, 15) is 9.18 Å². The molecule has 3 nitrogen and oxygen atoms in total. The first-order valence-corrected chi connectivity index (χ1v) is 7.30. The van der Waals surface area contributed by atoms with Crippen LogP contribution in [0.15, 0.2) is 24.3 Å². The summed E-state index contributed by atoms with van der Waals surface area (Å²) in [5, 5.41) is 4.60. The van der Waals surface area contributed by atoms with Gasteiger partial charge in [-0.2, -0.15) is 5.10 Å². The number of fused-ring (bicyclic) bond motifs is 1. The molecule has 0 spiro atoms. The molecule has 0 N–H and O–H groups in total. The first-order chi connectivity index (χ1) is 9.89. The maximum atomic E-state index is 14.1. The fourth-order valence-corrected chi connectivity index (χ4v) is 2.87. The third kappa shape index (κ3) is 2.28. The standard InChI is InChI=1S/C17H19FN2O/c1-17(2,3)16-15-13(9-6-10-14(15)21)20(19-16)12-8-5-4-7-11(12)18/h4-5,7-8H,6,9-10H2,1-3H3. The molecular formula is C17H19FN2O. The highest BCUT2D eigenvalue weighted by molar-refractivity contribution is 5.99. The van der Waals surface area contributed by atoms with Gasteiger partial charge in [0.2, 0.25) is 0 Å². The van der Waals surface area contributed by atoms with E-state index in [0.29, 0.717) is 17.7 Å². The van der Waals surface area contributed by atoms with E-state index < -0.39 is 0 Å². The van der Waals surface area contributed by atoms with Crippen LogP contribution in [0.4, 0.5) is 4.39 Å². The highest BCUT2D eigenvalue weighted by atomic mass is 19.1. The van der Waals surface area contributed by atoms with Gasteiger partial charge < -0.3 is 0 Å². The van der Waals surface area contributed by atoms with Crippen LogP contribution in [0.1, 0.15) is 55.4 Å². The third-order valence-corrected chi connectivity index (χ3v) is 3.87. The van der Waals surface area contributed by atoms with Gasteiger partial charge >= 0.3 is 0 Å². The molecule has 0 unspecified atom stereocenters. The zero-order valence-corrected chi connectivity index (χ0v) is 12.6. The van der Waals surface area contributed by atoms with Crippen molar-refractivity contribution in [3.63, 3.8) is 0 Å². The van der Waals surface area contributed by atoms with Crippen LogP contribution in [0.25, 0.3) is 5.69 Å². The molecule has 0 aliphatic heterocycles. The highest BCUT2D eigenvalue weighted by Gasteiger charge is 2.33. The van der Waals surface area contributed by atoms with Crippen LogP contribution in [0.2, 0.25) is 0 Å². The Bertz CT molecular complexity index is 710. The minimum Gasteiger partial charge on any atom is -0.294 e. The lowest BCUT2D eigenvalue weighted by Gasteiger charge is -2.19. The zero-order chi connectivity index (χ0) is 15.2. The van der Waals surface area contributed by atoms with Gasteiger partial charge in [-0.1, -0.05) is 32.9 Å². The van der Waals surface area contributed by atoms with Gasteiger partial charge in [0.05, 0.1) is 17.0 Å². The average Bonchev–Trinajstić information content (AvgIpc) is 2.80. The SMILES string of the molecule is CC(C)(C)c1nn(-c2ccccc2F)c2c1C(=O)CCC2. The van der Waals surface area contributed by atoms with Crippen molar-refractivity contribution in [2.45, 2.75) is 45.4 Å². The van der Waals surface area contributed by atoms with Crippen LogP contribution in [0.5, 0.6) is 0 Å². The summed E-state index contributed by atoms with van der Waals surface area (Å²) >= 11 is 0. The molecule has 0 radical (unpaired) electrons. The van der Waals surface area contributed by atoms with Gasteiger partial charge in [-0.05, 0) is 25.0 Å². The molecule has 0 bridgehead atoms. The van der Waals surface area contributed by atoms with Crippen LogP contribution in [-0.4, -0.2) is 15.6 Å². The van der Waals surface area contributed by atoms with E-state index in [4.69, 9.17) is 0 Å². The first-order valence-electron chi connectivity index (χ1n) is 7.30.